The van der Waals surface area contributed by atoms with Gasteiger partial charge in [0.15, 0.2) is 0 Å². The average molecular weight is 542 g/mol. The van der Waals surface area contributed by atoms with E-state index in [1.165, 1.54) is 65.3 Å². The zero-order valence-corrected chi connectivity index (χ0v) is 24.1. The van der Waals surface area contributed by atoms with Gasteiger partial charge >= 0.3 is 7.12 Å². The van der Waals surface area contributed by atoms with Crippen LogP contribution in [0.3, 0.4) is 0 Å². The molecular weight excluding hydrogens is 511 g/mol. The van der Waals surface area contributed by atoms with Crippen molar-refractivity contribution in [2.45, 2.75) is 32.5 Å². The molecule has 0 aromatic heterocycles. The van der Waals surface area contributed by atoms with E-state index in [4.69, 9.17) is 9.31 Å². The van der Waals surface area contributed by atoms with Gasteiger partial charge in [-0.3, -0.25) is 0 Å². The Hall–Kier alpha value is -4.44. The second-order valence-electron chi connectivity index (χ2n) is 12.0. The minimum absolute atomic E-state index is 0.00131. The summed E-state index contributed by atoms with van der Waals surface area (Å²) in [5, 5.41) is 9.90. The lowest BCUT2D eigenvalue weighted by Crippen LogP contribution is -2.34. The highest BCUT2D eigenvalue weighted by atomic mass is 16.7. The van der Waals surface area contributed by atoms with Crippen molar-refractivity contribution in [2.75, 3.05) is 0 Å². The van der Waals surface area contributed by atoms with E-state index in [0.717, 1.165) is 5.46 Å². The van der Waals surface area contributed by atoms with Gasteiger partial charge in [-0.25, -0.2) is 0 Å². The second-order valence-corrected chi connectivity index (χ2v) is 12.0. The van der Waals surface area contributed by atoms with Gasteiger partial charge in [0.2, 0.25) is 0 Å². The maximum Gasteiger partial charge on any atom is 0.494 e. The summed E-state index contributed by atoms with van der Waals surface area (Å²) in [6, 6.07) is 46.3. The van der Waals surface area contributed by atoms with Crippen LogP contribution in [-0.4, -0.2) is 18.8 Å². The van der Waals surface area contributed by atoms with Crippen molar-refractivity contribution in [3.05, 3.63) is 127 Å². The Morgan fingerprint density at radius 3 is 1.55 bits per heavy atom. The third-order valence-electron chi connectivity index (χ3n) is 9.16. The highest BCUT2D eigenvalue weighted by Gasteiger charge is 2.44. The molecule has 0 amide bonds. The van der Waals surface area contributed by atoms with Gasteiger partial charge in [-0.15, -0.1) is 0 Å². The predicted molar refractivity (Wildman–Crippen MR) is 178 cm³/mol. The molecule has 0 bridgehead atoms. The number of benzene rings is 7. The van der Waals surface area contributed by atoms with Crippen molar-refractivity contribution in [3.8, 4) is 22.3 Å². The Morgan fingerprint density at radius 2 is 1.00 bits per heavy atom. The van der Waals surface area contributed by atoms with Crippen molar-refractivity contribution in [3.63, 3.8) is 0 Å². The lowest BCUT2D eigenvalue weighted by Gasteiger charge is -2.22. The quantitative estimate of drug-likeness (QED) is 0.164. The zero-order valence-electron chi connectivity index (χ0n) is 24.1. The maximum atomic E-state index is 6.45. The van der Waals surface area contributed by atoms with Crippen LogP contribution < -0.4 is 5.46 Å². The van der Waals surface area contributed by atoms with Gasteiger partial charge in [0.1, 0.15) is 0 Å². The number of rotatable bonds is 3. The smallest absolute Gasteiger partial charge is 0.402 e. The van der Waals surface area contributed by atoms with Crippen LogP contribution >= 0.6 is 0 Å². The Balaban J connectivity index is 1.52. The minimum Gasteiger partial charge on any atom is -0.402 e. The average Bonchev–Trinajstić information content (AvgIpc) is 3.30. The highest BCUT2D eigenvalue weighted by molar-refractivity contribution is 6.62. The number of hydrogen-bond donors (Lipinski definition) is 0. The van der Waals surface area contributed by atoms with E-state index in [0.29, 0.717) is 0 Å². The monoisotopic (exact) mass is 542 g/mol. The standard InChI is InChI=1S/C39H31BO2/c1-25-39(2,3)42-40(41-25)28-22-23-35-36(24-28)38(32-21-11-15-27-13-5-7-17-30(27)32)34-19-9-8-18-33(34)37(35)31-20-10-14-26-12-4-6-16-29(26)31/h4-25H,1-3H3. The molecule has 0 saturated carbocycles. The molecule has 0 N–H and O–H groups in total. The Morgan fingerprint density at radius 1 is 0.524 bits per heavy atom. The summed E-state index contributed by atoms with van der Waals surface area (Å²) in [5.41, 5.74) is 5.67. The van der Waals surface area contributed by atoms with E-state index in [1.807, 2.05) is 0 Å². The third kappa shape index (κ3) is 3.89. The van der Waals surface area contributed by atoms with Crippen LogP contribution in [0.15, 0.2) is 127 Å². The van der Waals surface area contributed by atoms with Crippen LogP contribution in [0.25, 0.3) is 65.3 Å². The molecule has 1 heterocycles. The summed E-state index contributed by atoms with van der Waals surface area (Å²) < 4.78 is 12.8. The fourth-order valence-electron chi connectivity index (χ4n) is 6.71. The second kappa shape index (κ2) is 9.56. The molecule has 1 aliphatic rings. The molecule has 202 valence electrons. The molecule has 7 aromatic carbocycles. The zero-order chi connectivity index (χ0) is 28.4. The number of fused-ring (bicyclic) bond motifs is 4. The molecular formula is C39H31BO2. The molecule has 1 unspecified atom stereocenters. The first-order valence-electron chi connectivity index (χ1n) is 14.8. The summed E-state index contributed by atoms with van der Waals surface area (Å²) in [6.07, 6.45) is -0.00131. The van der Waals surface area contributed by atoms with Gasteiger partial charge < -0.3 is 9.31 Å². The van der Waals surface area contributed by atoms with Crippen LogP contribution in [0.4, 0.5) is 0 Å². The molecule has 1 saturated heterocycles. The summed E-state index contributed by atoms with van der Waals surface area (Å²) >= 11 is 0. The third-order valence-corrected chi connectivity index (χ3v) is 9.16. The summed E-state index contributed by atoms with van der Waals surface area (Å²) in [6.45, 7) is 6.30. The van der Waals surface area contributed by atoms with Crippen molar-refractivity contribution in [2.24, 2.45) is 0 Å². The minimum atomic E-state index is -0.410. The molecule has 2 nitrogen and oxygen atoms in total. The van der Waals surface area contributed by atoms with Gasteiger partial charge in [-0.2, -0.15) is 0 Å². The first-order chi connectivity index (χ1) is 20.5. The molecule has 3 heteroatoms. The lowest BCUT2D eigenvalue weighted by molar-refractivity contribution is 0.0842. The Kier molecular flexibility index (Phi) is 5.75. The Bertz CT molecular complexity index is 2150. The van der Waals surface area contributed by atoms with Crippen molar-refractivity contribution < 1.29 is 9.31 Å². The topological polar surface area (TPSA) is 18.5 Å². The van der Waals surface area contributed by atoms with E-state index in [2.05, 4.69) is 148 Å². The van der Waals surface area contributed by atoms with Crippen LogP contribution in [-0.2, 0) is 9.31 Å². The molecule has 0 aliphatic carbocycles. The molecule has 8 rings (SSSR count). The van der Waals surface area contributed by atoms with E-state index in [9.17, 15) is 0 Å². The van der Waals surface area contributed by atoms with Crippen LogP contribution in [0.1, 0.15) is 20.8 Å². The summed E-state index contributed by atoms with van der Waals surface area (Å²) in [7, 11) is -0.410. The predicted octanol–water partition coefficient (Wildman–Crippen LogP) is 9.54. The molecule has 42 heavy (non-hydrogen) atoms. The van der Waals surface area contributed by atoms with Gasteiger partial charge in [0.05, 0.1) is 11.7 Å². The van der Waals surface area contributed by atoms with E-state index in [-0.39, 0.29) is 11.7 Å². The normalized spacial score (nSPS) is 16.6. The number of hydrogen-bond acceptors (Lipinski definition) is 2. The Labute approximate surface area is 246 Å². The summed E-state index contributed by atoms with van der Waals surface area (Å²) in [5.74, 6) is 0. The molecule has 0 radical (unpaired) electrons. The van der Waals surface area contributed by atoms with Gasteiger partial charge in [-0.05, 0) is 91.6 Å². The highest BCUT2D eigenvalue weighted by Crippen LogP contribution is 2.46. The van der Waals surface area contributed by atoms with Crippen LogP contribution in [0.2, 0.25) is 0 Å². The first-order valence-corrected chi connectivity index (χ1v) is 14.8. The molecule has 0 spiro atoms. The van der Waals surface area contributed by atoms with Crippen LogP contribution in [0, 0.1) is 0 Å². The molecule has 1 fully saturated rings. The first kappa shape index (κ1) is 25.3. The fraction of sp³-hybridized carbons (Fsp3) is 0.128. The van der Waals surface area contributed by atoms with Crippen LogP contribution in [0.5, 0.6) is 0 Å². The van der Waals surface area contributed by atoms with Crippen molar-refractivity contribution >= 4 is 55.7 Å². The summed E-state index contributed by atoms with van der Waals surface area (Å²) in [4.78, 5) is 0. The molecule has 1 atom stereocenters. The van der Waals surface area contributed by atoms with E-state index >= 15 is 0 Å². The largest absolute Gasteiger partial charge is 0.494 e. The SMILES string of the molecule is CC1OB(c2ccc3c(-c4cccc5ccccc45)c4ccccc4c(-c4cccc5ccccc45)c3c2)OC1(C)C. The van der Waals surface area contributed by atoms with E-state index < -0.39 is 7.12 Å². The van der Waals surface area contributed by atoms with Crippen molar-refractivity contribution in [1.29, 1.82) is 0 Å². The molecule has 7 aromatic rings. The van der Waals surface area contributed by atoms with Gasteiger partial charge in [0.25, 0.3) is 0 Å². The van der Waals surface area contributed by atoms with Crippen molar-refractivity contribution in [1.82, 2.24) is 0 Å². The maximum absolute atomic E-state index is 6.45. The molecule has 1 aliphatic heterocycles. The van der Waals surface area contributed by atoms with Gasteiger partial charge in [-0.1, -0.05) is 127 Å². The van der Waals surface area contributed by atoms with Gasteiger partial charge in [0, 0.05) is 0 Å². The van der Waals surface area contributed by atoms with E-state index in [1.54, 1.807) is 0 Å². The fourth-order valence-corrected chi connectivity index (χ4v) is 6.71. The lowest BCUT2D eigenvalue weighted by atomic mass is 9.76.